The van der Waals surface area contributed by atoms with E-state index >= 15 is 0 Å². The number of thioether (sulfide) groups is 6. The molecule has 6 aromatic heterocycles. The molecule has 37 nitrogen and oxygen atoms in total. The van der Waals surface area contributed by atoms with Gasteiger partial charge in [-0.3, -0.25) is 112 Å². The lowest BCUT2D eigenvalue weighted by Gasteiger charge is -2.14. The van der Waals surface area contributed by atoms with E-state index in [1.807, 2.05) is 106 Å². The topological polar surface area (TPSA) is 444 Å². The van der Waals surface area contributed by atoms with Gasteiger partial charge in [-0.05, 0) is 89.6 Å². The number of likely N-dealkylation sites (tertiary alicyclic amines) is 1. The number of ketones is 5. The van der Waals surface area contributed by atoms with E-state index in [1.54, 1.807) is 60.5 Å². The van der Waals surface area contributed by atoms with Crippen LogP contribution in [0.15, 0.2) is 172 Å². The predicted octanol–water partition coefficient (Wildman–Crippen LogP) is 7.75. The van der Waals surface area contributed by atoms with Crippen LogP contribution in [0.25, 0.3) is 0 Å². The van der Waals surface area contributed by atoms with E-state index in [0.717, 1.165) is 104 Å². The lowest BCUT2D eigenvalue weighted by molar-refractivity contribution is -0.127. The number of amides is 1. The Kier molecular flexibility index (Phi) is 33.1. The van der Waals surface area contributed by atoms with Crippen LogP contribution in [-0.4, -0.2) is 172 Å². The molecule has 18 rings (SSSR count). The Morgan fingerprint density at radius 1 is 0.307 bits per heavy atom. The zero-order valence-corrected chi connectivity index (χ0v) is 85.7. The molecule has 2 fully saturated rings. The van der Waals surface area contributed by atoms with E-state index in [9.17, 15) is 86.3 Å². The Morgan fingerprint density at radius 2 is 0.586 bits per heavy atom. The van der Waals surface area contributed by atoms with E-state index in [4.69, 9.17) is 11.6 Å². The standard InChI is InChI=1S/C18H19N3O3S.C17H16ClN3O3S.2C17H17N3O3S.C14H18N4O3S.C13H15N3O3S/c1-10-5-6-12(11(2)7-10)14(22)9-25-15-8-13-16(19-15)20(3)18(24)21(4)17(13)23;1-9-4-5-10(12(18)6-9)13(22)8-25-14-7-11-15(19-14)20(2)17(24)21(3)16(11)23;1-10-4-6-11(7-5-10)13(21)9-24-14-8-12-15(18-14)19(2)17(23)20(3)16(12)22;1-10-5-4-6-11(7-10)13(21)9-24-14-8-12-15(18-14)19(2)17(23)20(3)16(12)22;1-16-12-9(13(20)17(2)14(16)21)7-10(15-12)22-8-11(19)18-5-3-4-6-18;1-15-11-8(12(18)16(2)13(15)19)5-10(14-11)20-6-9(17)7-3-4-7/h5-7H,8-9H2,1-4H3;4-6H,7-8H2,1-3H3;2*4-7H,8-9H2,1-3H3;3-8H2,1-2H3;7H,3-6H2,1-2H3. The molecule has 1 saturated heterocycles. The zero-order valence-electron chi connectivity index (χ0n) is 80.1. The SMILES string of the molecule is Cc1ccc(C(=O)CSC2=Nc3c(c(=O)n(C)c(=O)n3C)C2)c(C)c1.Cc1ccc(C(=O)CSC2=Nc3c(c(=O)n(C)c(=O)n3C)C2)c(Cl)c1.Cc1ccc(C(=O)CSC2=Nc3c(c(=O)n(C)c(=O)n3C)C2)cc1.Cc1cccc(C(=O)CSC2=Nc3c(c(=O)n(C)c(=O)n3C)C2)c1.Cn1c2c(c(=O)n(C)c1=O)CC(SCC(=O)C1CC1)=N2.Cn1c2c(c(=O)n(C)c1=O)CC(SCC(=O)N1CCCC1)=N2. The predicted molar refractivity (Wildman–Crippen MR) is 556 cm³/mol. The monoisotopic (exact) mass is 2040 g/mol. The summed E-state index contributed by atoms with van der Waals surface area (Å²) < 4.78 is 14.7. The van der Waals surface area contributed by atoms with Gasteiger partial charge >= 0.3 is 34.1 Å². The molecule has 140 heavy (non-hydrogen) atoms. The summed E-state index contributed by atoms with van der Waals surface area (Å²) in [5.74, 6) is 4.67. The van der Waals surface area contributed by atoms with Gasteiger partial charge in [0, 0.05) is 164 Å². The van der Waals surface area contributed by atoms with Crippen LogP contribution in [0.2, 0.25) is 5.02 Å². The van der Waals surface area contributed by atoms with Gasteiger partial charge in [-0.2, -0.15) is 0 Å². The molecule has 1 aliphatic carbocycles. The molecule has 1 saturated carbocycles. The normalized spacial score (nSPS) is 14.1. The van der Waals surface area contributed by atoms with Crippen molar-refractivity contribution >= 4 is 182 Å². The number of carbonyl (C=O) groups is 6. The van der Waals surface area contributed by atoms with E-state index in [2.05, 4.69) is 30.0 Å². The fourth-order valence-electron chi connectivity index (χ4n) is 15.9. The summed E-state index contributed by atoms with van der Waals surface area (Å²) in [6.45, 7) is 11.4. The number of aliphatic imine (C=N–C) groups is 6. The molecule has 0 spiro atoms. The second-order valence-electron chi connectivity index (χ2n) is 34.4. The molecule has 7 aliphatic heterocycles. The third-order valence-electron chi connectivity index (χ3n) is 24.2. The Morgan fingerprint density at radius 3 is 0.900 bits per heavy atom. The third-order valence-corrected chi connectivity index (χ3v) is 30.4. The molecule has 44 heteroatoms. The molecular formula is C96H102ClN19O18S6. The van der Waals surface area contributed by atoms with Crippen LogP contribution in [0.5, 0.6) is 0 Å². The van der Waals surface area contributed by atoms with Gasteiger partial charge in [0.25, 0.3) is 33.4 Å². The zero-order chi connectivity index (χ0) is 102. The van der Waals surface area contributed by atoms with Gasteiger partial charge in [0.1, 0.15) is 40.7 Å². The molecule has 8 aliphatic rings. The smallest absolute Gasteiger partial charge is 0.332 e. The fourth-order valence-corrected chi connectivity index (χ4v) is 21.5. The van der Waals surface area contributed by atoms with Crippen molar-refractivity contribution in [1.82, 2.24) is 59.7 Å². The highest BCUT2D eigenvalue weighted by molar-refractivity contribution is 8.16. The first-order chi connectivity index (χ1) is 66.3. The van der Waals surface area contributed by atoms with E-state index in [-0.39, 0.29) is 108 Å². The van der Waals surface area contributed by atoms with Crippen LogP contribution in [0.4, 0.5) is 34.9 Å². The highest BCUT2D eigenvalue weighted by Crippen LogP contribution is 2.36. The minimum atomic E-state index is -0.415. The van der Waals surface area contributed by atoms with Crippen molar-refractivity contribution < 1.29 is 28.8 Å². The van der Waals surface area contributed by atoms with Gasteiger partial charge < -0.3 is 4.90 Å². The van der Waals surface area contributed by atoms with Gasteiger partial charge in [-0.15, -0.1) is 70.6 Å². The number of carbonyl (C=O) groups excluding carboxylic acids is 6. The van der Waals surface area contributed by atoms with Gasteiger partial charge in [0.05, 0.1) is 103 Å². The second-order valence-corrected chi connectivity index (χ2v) is 41.1. The van der Waals surface area contributed by atoms with Gasteiger partial charge in [-0.25, -0.2) is 58.7 Å². The maximum absolute atomic E-state index is 12.5. The van der Waals surface area contributed by atoms with Gasteiger partial charge in [0.2, 0.25) is 5.91 Å². The van der Waals surface area contributed by atoms with Crippen molar-refractivity contribution in [2.24, 2.45) is 120 Å². The number of Topliss-reactive ketones (excluding diaryl/α,β-unsaturated/α-hetero) is 5. The maximum Gasteiger partial charge on any atom is 0.332 e. The van der Waals surface area contributed by atoms with Crippen molar-refractivity contribution in [2.75, 3.05) is 47.6 Å². The lowest BCUT2D eigenvalue weighted by Crippen LogP contribution is -2.38. The van der Waals surface area contributed by atoms with Crippen molar-refractivity contribution in [3.63, 3.8) is 0 Å². The molecule has 0 unspecified atom stereocenters. The minimum absolute atomic E-state index is 0.0143. The number of nitrogens with zero attached hydrogens (tertiary/aromatic N) is 19. The summed E-state index contributed by atoms with van der Waals surface area (Å²) >= 11 is 14.1. The number of hydrogen-bond acceptors (Lipinski definition) is 30. The van der Waals surface area contributed by atoms with E-state index in [0.29, 0.717) is 166 Å². The maximum atomic E-state index is 12.5. The summed E-state index contributed by atoms with van der Waals surface area (Å²) in [4.78, 5) is 246. The van der Waals surface area contributed by atoms with Gasteiger partial charge in [0.15, 0.2) is 23.1 Å². The van der Waals surface area contributed by atoms with Crippen LogP contribution < -0.4 is 67.5 Å². The molecule has 0 atom stereocenters. The fraction of sp³-hybridized carbons (Fsp3) is 0.375. The summed E-state index contributed by atoms with van der Waals surface area (Å²) in [5, 5.41) is 4.59. The van der Waals surface area contributed by atoms with Crippen LogP contribution >= 0.6 is 82.2 Å². The molecule has 1 amide bonds. The van der Waals surface area contributed by atoms with E-state index < -0.39 is 22.8 Å². The summed E-state index contributed by atoms with van der Waals surface area (Å²) in [7, 11) is 18.3. The number of aryl methyl sites for hydroxylation is 5. The second kappa shape index (κ2) is 44.3. The van der Waals surface area contributed by atoms with Gasteiger partial charge in [-0.1, -0.05) is 95.0 Å². The number of aromatic nitrogens is 12. The molecule has 0 radical (unpaired) electrons. The van der Waals surface area contributed by atoms with Crippen molar-refractivity contribution in [3.8, 4) is 0 Å². The van der Waals surface area contributed by atoms with Crippen LogP contribution in [-0.2, 0) is 133 Å². The summed E-state index contributed by atoms with van der Waals surface area (Å²) in [6, 6.07) is 25.9. The van der Waals surface area contributed by atoms with Crippen LogP contribution in [0.1, 0.15) is 128 Å². The lowest BCUT2D eigenvalue weighted by atomic mass is 10.0. The molecule has 13 heterocycles. The third kappa shape index (κ3) is 23.1. The quantitative estimate of drug-likeness (QED) is 0.0786. The Hall–Kier alpha value is -12.8. The van der Waals surface area contributed by atoms with Crippen molar-refractivity contribution in [1.29, 1.82) is 0 Å². The molecule has 4 aromatic carbocycles. The molecule has 0 bridgehead atoms. The van der Waals surface area contributed by atoms with Crippen molar-refractivity contribution in [3.05, 3.63) is 298 Å². The number of benzene rings is 4. The largest absolute Gasteiger partial charge is 0.342 e. The number of halogens is 1. The number of fused-ring (bicyclic) bond motifs is 6. The molecule has 732 valence electrons. The highest BCUT2D eigenvalue weighted by atomic mass is 35.5. The van der Waals surface area contributed by atoms with Crippen LogP contribution in [0.3, 0.4) is 0 Å². The Balaban J connectivity index is 0.000000142. The molecule has 10 aromatic rings. The summed E-state index contributed by atoms with van der Waals surface area (Å²) in [6.07, 6.45) is 6.37. The average Bonchev–Trinajstić information content (AvgIpc) is 1.73. The Labute approximate surface area is 830 Å². The molecular weight excluding hydrogens is 1940 g/mol. The number of rotatable bonds is 17. The number of hydrogen-bond donors (Lipinski definition) is 0. The first kappa shape index (κ1) is 105. The molecule has 0 N–H and O–H groups in total. The Bertz CT molecular complexity index is 7730. The van der Waals surface area contributed by atoms with Crippen LogP contribution in [0, 0.1) is 40.5 Å². The van der Waals surface area contributed by atoms with E-state index in [1.165, 1.54) is 140 Å². The van der Waals surface area contributed by atoms with Crippen molar-refractivity contribution in [2.45, 2.75) is 98.8 Å². The minimum Gasteiger partial charge on any atom is -0.342 e. The average molecular weight is 2040 g/mol. The first-order valence-electron chi connectivity index (χ1n) is 44.2. The highest BCUT2D eigenvalue weighted by Gasteiger charge is 2.34. The summed E-state index contributed by atoms with van der Waals surface area (Å²) in [5.41, 5.74) is 6.50. The first-order valence-corrected chi connectivity index (χ1v) is 50.5.